The number of carbonyl (C=O) groups is 1. The maximum absolute atomic E-state index is 11.1. The largest absolute Gasteiger partial charge is 0.487 e. The normalized spacial score (nSPS) is 11.9. The number of nitrogens with one attached hydrogen (secondary N) is 1. The van der Waals surface area contributed by atoms with Gasteiger partial charge < -0.3 is 24.5 Å². The topological polar surface area (TPSA) is 138 Å². The van der Waals surface area contributed by atoms with E-state index in [1.54, 1.807) is 18.2 Å². The number of rotatable bonds is 11. The Morgan fingerprint density at radius 2 is 1.74 bits per heavy atom. The molecule has 0 aliphatic heterocycles. The molecule has 0 spiro atoms. The average molecular weight is 538 g/mol. The van der Waals surface area contributed by atoms with Crippen LogP contribution in [0.1, 0.15) is 28.1 Å². The van der Waals surface area contributed by atoms with Gasteiger partial charge in [-0.3, -0.25) is 10.1 Å². The molecule has 0 radical (unpaired) electrons. The van der Waals surface area contributed by atoms with Crippen molar-refractivity contribution in [3.63, 3.8) is 0 Å². The molecule has 0 bridgehead atoms. The second kappa shape index (κ2) is 12.2. The van der Waals surface area contributed by atoms with E-state index in [9.17, 15) is 9.90 Å². The van der Waals surface area contributed by atoms with Crippen molar-refractivity contribution in [2.75, 3.05) is 6.61 Å². The molecule has 0 aliphatic carbocycles. The van der Waals surface area contributed by atoms with Crippen LogP contribution in [0.15, 0.2) is 59.0 Å². The third-order valence-corrected chi connectivity index (χ3v) is 6.61. The molecular weight excluding hydrogens is 510 g/mol. The van der Waals surface area contributed by atoms with Gasteiger partial charge in [0.1, 0.15) is 25.0 Å². The minimum atomic E-state index is -1.12. The third kappa shape index (κ3) is 6.03. The number of aliphatic hydroxyl groups is 2. The van der Waals surface area contributed by atoms with E-state index >= 15 is 0 Å². The number of halogens is 1. The molecule has 9 nitrogen and oxygen atoms in total. The summed E-state index contributed by atoms with van der Waals surface area (Å²) in [5.41, 5.74) is 6.63. The van der Waals surface area contributed by atoms with E-state index in [-0.39, 0.29) is 19.0 Å². The zero-order valence-electron chi connectivity index (χ0n) is 20.9. The predicted molar refractivity (Wildman–Crippen MR) is 142 cm³/mol. The summed E-state index contributed by atoms with van der Waals surface area (Å²) in [5.74, 6) is -0.0960. The Balaban J connectivity index is 1.51. The molecule has 4 N–H and O–H groups in total. The molecule has 3 aromatic carbocycles. The number of nitrogens with zero attached hydrogens (tertiary/aromatic N) is 2. The Hall–Kier alpha value is -3.76. The van der Waals surface area contributed by atoms with Crippen LogP contribution < -0.4 is 10.1 Å². The van der Waals surface area contributed by atoms with Crippen molar-refractivity contribution in [1.29, 1.82) is 0 Å². The van der Waals surface area contributed by atoms with Gasteiger partial charge in [0.2, 0.25) is 11.8 Å². The van der Waals surface area contributed by atoms with Gasteiger partial charge in [-0.1, -0.05) is 48.0 Å². The fourth-order valence-electron chi connectivity index (χ4n) is 4.11. The predicted octanol–water partition coefficient (Wildman–Crippen LogP) is 4.28. The van der Waals surface area contributed by atoms with Crippen molar-refractivity contribution in [2.24, 2.45) is 0 Å². The number of aliphatic carboxylic acids is 1. The summed E-state index contributed by atoms with van der Waals surface area (Å²) < 4.78 is 11.6. The minimum absolute atomic E-state index is 0.165. The van der Waals surface area contributed by atoms with Crippen LogP contribution in [-0.2, 0) is 24.6 Å². The Kier molecular flexibility index (Phi) is 8.75. The smallest absolute Gasteiger partial charge is 0.323 e. The van der Waals surface area contributed by atoms with Gasteiger partial charge in [0, 0.05) is 12.1 Å². The van der Waals surface area contributed by atoms with E-state index < -0.39 is 18.6 Å². The molecule has 0 amide bonds. The number of hydrogen-bond donors (Lipinski definition) is 4. The number of carboxylic acid groups (broad SMARTS) is 1. The first kappa shape index (κ1) is 27.3. The van der Waals surface area contributed by atoms with Crippen LogP contribution in [0.25, 0.3) is 22.6 Å². The molecule has 1 heterocycles. The number of aliphatic hydroxyl groups excluding tert-OH is 2. The molecule has 0 saturated heterocycles. The second-order valence-corrected chi connectivity index (χ2v) is 9.14. The van der Waals surface area contributed by atoms with Crippen LogP contribution in [0.4, 0.5) is 0 Å². The highest BCUT2D eigenvalue weighted by Crippen LogP contribution is 2.34. The summed E-state index contributed by atoms with van der Waals surface area (Å²) in [5, 5.41) is 38.5. The van der Waals surface area contributed by atoms with Gasteiger partial charge in [-0.15, -0.1) is 10.2 Å². The number of ether oxygens (including phenoxy) is 1. The number of benzene rings is 3. The minimum Gasteiger partial charge on any atom is -0.487 e. The molecule has 38 heavy (non-hydrogen) atoms. The molecule has 1 atom stereocenters. The van der Waals surface area contributed by atoms with E-state index in [4.69, 9.17) is 31.0 Å². The van der Waals surface area contributed by atoms with Crippen molar-refractivity contribution in [3.05, 3.63) is 87.8 Å². The Morgan fingerprint density at radius 3 is 2.39 bits per heavy atom. The van der Waals surface area contributed by atoms with Crippen molar-refractivity contribution in [1.82, 2.24) is 15.5 Å². The SMILES string of the molecule is Cc1c(COc2ccc(CN[C@@H](CO)C(=O)O)cc2Cl)cccc1-c1cccc(-c2nnc(CO)o2)c1C. The maximum Gasteiger partial charge on any atom is 0.323 e. The molecule has 0 fully saturated rings. The van der Waals surface area contributed by atoms with Crippen LogP contribution in [0.2, 0.25) is 5.02 Å². The number of aromatic nitrogens is 2. The van der Waals surface area contributed by atoms with Gasteiger partial charge in [0.15, 0.2) is 0 Å². The molecule has 4 rings (SSSR count). The summed E-state index contributed by atoms with van der Waals surface area (Å²) in [4.78, 5) is 11.1. The summed E-state index contributed by atoms with van der Waals surface area (Å²) in [7, 11) is 0. The zero-order chi connectivity index (χ0) is 27.2. The highest BCUT2D eigenvalue weighted by atomic mass is 35.5. The quantitative estimate of drug-likeness (QED) is 0.221. The highest BCUT2D eigenvalue weighted by molar-refractivity contribution is 6.32. The molecule has 0 saturated carbocycles. The van der Waals surface area contributed by atoms with E-state index in [0.717, 1.165) is 38.9 Å². The lowest BCUT2D eigenvalue weighted by molar-refractivity contribution is -0.140. The second-order valence-electron chi connectivity index (χ2n) is 8.73. The van der Waals surface area contributed by atoms with Gasteiger partial charge >= 0.3 is 5.97 Å². The van der Waals surface area contributed by atoms with Gasteiger partial charge in [-0.05, 0) is 65.4 Å². The molecule has 0 aliphatic rings. The Labute approximate surface area is 224 Å². The summed E-state index contributed by atoms with van der Waals surface area (Å²) >= 11 is 6.43. The lowest BCUT2D eigenvalue weighted by Gasteiger charge is -2.16. The fourth-order valence-corrected chi connectivity index (χ4v) is 4.37. The standard InChI is InChI=1S/C28H28ClN3O6/c1-16-19(15-37-25-10-9-18(11-23(25)29)12-30-24(13-33)28(35)36)5-3-6-20(16)21-7-4-8-22(17(21)2)27-32-31-26(14-34)38-27/h3-11,24,30,33-34H,12-15H2,1-2H3,(H,35,36)/t24-/m0/s1. The van der Waals surface area contributed by atoms with Crippen molar-refractivity contribution < 1.29 is 29.3 Å². The van der Waals surface area contributed by atoms with Crippen molar-refractivity contribution >= 4 is 17.6 Å². The van der Waals surface area contributed by atoms with Gasteiger partial charge in [0.05, 0.1) is 11.6 Å². The lowest BCUT2D eigenvalue weighted by Crippen LogP contribution is -2.39. The zero-order valence-corrected chi connectivity index (χ0v) is 21.7. The van der Waals surface area contributed by atoms with E-state index in [1.807, 2.05) is 50.2 Å². The average Bonchev–Trinajstić information content (AvgIpc) is 3.38. The highest BCUT2D eigenvalue weighted by Gasteiger charge is 2.17. The molecule has 10 heteroatoms. The van der Waals surface area contributed by atoms with Crippen molar-refractivity contribution in [3.8, 4) is 28.3 Å². The van der Waals surface area contributed by atoms with Gasteiger partial charge in [0.25, 0.3) is 0 Å². The summed E-state index contributed by atoms with van der Waals surface area (Å²) in [6, 6.07) is 16.1. The number of hydrogen-bond acceptors (Lipinski definition) is 8. The summed E-state index contributed by atoms with van der Waals surface area (Å²) in [6.45, 7) is 3.74. The molecule has 4 aromatic rings. The number of carboxylic acids is 1. The monoisotopic (exact) mass is 537 g/mol. The first-order chi connectivity index (χ1) is 18.3. The van der Waals surface area contributed by atoms with E-state index in [1.165, 1.54) is 0 Å². The van der Waals surface area contributed by atoms with E-state index in [0.29, 0.717) is 23.3 Å². The summed E-state index contributed by atoms with van der Waals surface area (Å²) in [6.07, 6.45) is 0. The van der Waals surface area contributed by atoms with Crippen LogP contribution in [0, 0.1) is 13.8 Å². The molecule has 198 valence electrons. The first-order valence-electron chi connectivity index (χ1n) is 11.9. The van der Waals surface area contributed by atoms with Crippen LogP contribution in [0.5, 0.6) is 5.75 Å². The molecule has 0 unspecified atom stereocenters. The lowest BCUT2D eigenvalue weighted by atomic mass is 9.91. The van der Waals surface area contributed by atoms with Crippen molar-refractivity contribution in [2.45, 2.75) is 39.6 Å². The molecule has 1 aromatic heterocycles. The maximum atomic E-state index is 11.1. The Bertz CT molecular complexity index is 1440. The first-order valence-corrected chi connectivity index (χ1v) is 12.3. The van der Waals surface area contributed by atoms with Crippen LogP contribution >= 0.6 is 11.6 Å². The third-order valence-electron chi connectivity index (χ3n) is 6.32. The fraction of sp³-hybridized carbons (Fsp3) is 0.250. The van der Waals surface area contributed by atoms with Gasteiger partial charge in [-0.2, -0.15) is 0 Å². The molecular formula is C28H28ClN3O6. The van der Waals surface area contributed by atoms with Gasteiger partial charge in [-0.25, -0.2) is 0 Å². The van der Waals surface area contributed by atoms with Crippen LogP contribution in [-0.4, -0.2) is 44.1 Å². The van der Waals surface area contributed by atoms with Crippen LogP contribution in [0.3, 0.4) is 0 Å². The van der Waals surface area contributed by atoms with E-state index in [2.05, 4.69) is 15.5 Å². The Morgan fingerprint density at radius 1 is 1.03 bits per heavy atom.